The predicted molar refractivity (Wildman–Crippen MR) is 387 cm³/mol. The van der Waals surface area contributed by atoms with Crippen LogP contribution in [0.15, 0.2) is 0 Å². The van der Waals surface area contributed by atoms with E-state index >= 15 is 0 Å². The van der Waals surface area contributed by atoms with Crippen molar-refractivity contribution in [2.45, 2.75) is 401 Å². The van der Waals surface area contributed by atoms with Crippen LogP contribution in [0.5, 0.6) is 0 Å². The maximum absolute atomic E-state index is 13.2. The molecule has 0 aromatic heterocycles. The zero-order valence-corrected chi connectivity index (χ0v) is 63.6. The van der Waals surface area contributed by atoms with Gasteiger partial charge in [0.1, 0.15) is 0 Å². The van der Waals surface area contributed by atoms with Crippen molar-refractivity contribution in [2.24, 2.45) is 11.8 Å². The lowest BCUT2D eigenvalue weighted by Crippen LogP contribution is -2.47. The fraction of sp³-hybridized carbons (Fsp3) is 0.973. The SMILES string of the molecule is CCCCCCCCCCC(C)CN(CCCCSC(=O)CCC(=O)SCCCCN(CC(C)CCCCCCCCCC)CC(CCCCCCCCCC)O[Si](C)(C)C(C)(C)C)CC(CCCCCCCCCC)O[Si](C)(C)C(C)(C)C. The van der Waals surface area contributed by atoms with Gasteiger partial charge in [0, 0.05) is 50.5 Å². The van der Waals surface area contributed by atoms with Crippen LogP contribution in [-0.2, 0) is 18.4 Å². The summed E-state index contributed by atoms with van der Waals surface area (Å²) in [4.78, 5) is 31.9. The Morgan fingerprint density at radius 2 is 0.607 bits per heavy atom. The second kappa shape index (κ2) is 53.9. The number of hydrogen-bond acceptors (Lipinski definition) is 8. The molecule has 4 atom stereocenters. The van der Waals surface area contributed by atoms with E-state index in [0.29, 0.717) is 24.7 Å². The van der Waals surface area contributed by atoms with Gasteiger partial charge < -0.3 is 18.7 Å². The Hall–Kier alpha value is 0.314. The zero-order valence-electron chi connectivity index (χ0n) is 60.0. The van der Waals surface area contributed by atoms with Crippen molar-refractivity contribution < 1.29 is 18.4 Å². The van der Waals surface area contributed by atoms with E-state index < -0.39 is 16.6 Å². The van der Waals surface area contributed by atoms with E-state index in [0.717, 1.165) is 89.3 Å². The van der Waals surface area contributed by atoms with Crippen molar-refractivity contribution >= 4 is 50.4 Å². The van der Waals surface area contributed by atoms with Crippen molar-refractivity contribution in [3.8, 4) is 0 Å². The molecule has 10 heteroatoms. The van der Waals surface area contributed by atoms with Gasteiger partial charge in [0.25, 0.3) is 0 Å². The molecule has 0 bridgehead atoms. The van der Waals surface area contributed by atoms with Crippen molar-refractivity contribution in [3.05, 3.63) is 0 Å². The maximum Gasteiger partial charge on any atom is 0.192 e. The van der Waals surface area contributed by atoms with Crippen LogP contribution in [0.2, 0.25) is 36.3 Å². The highest BCUT2D eigenvalue weighted by Crippen LogP contribution is 2.39. The number of nitrogens with zero attached hydrogens (tertiary/aromatic N) is 2. The molecule has 0 aliphatic rings. The number of unbranched alkanes of at least 4 members (excludes halogenated alkanes) is 30. The van der Waals surface area contributed by atoms with E-state index in [-0.39, 0.29) is 32.5 Å². The Bertz CT molecular complexity index is 1380. The van der Waals surface area contributed by atoms with E-state index in [4.69, 9.17) is 8.85 Å². The molecule has 0 fully saturated rings. The maximum atomic E-state index is 13.2. The summed E-state index contributed by atoms with van der Waals surface area (Å²) in [6, 6.07) is 0. The van der Waals surface area contributed by atoms with Crippen LogP contribution < -0.4 is 0 Å². The van der Waals surface area contributed by atoms with E-state index in [9.17, 15) is 9.59 Å². The molecule has 84 heavy (non-hydrogen) atoms. The highest BCUT2D eigenvalue weighted by molar-refractivity contribution is 8.14. The third-order valence-corrected chi connectivity index (χ3v) is 30.4. The number of carbonyl (C=O) groups excluding carboxylic acids is 2. The average Bonchev–Trinajstić information content (AvgIpc) is 3.33. The minimum Gasteiger partial charge on any atom is -0.413 e. The van der Waals surface area contributed by atoms with Gasteiger partial charge in [-0.2, -0.15) is 0 Å². The molecule has 0 heterocycles. The summed E-state index contributed by atoms with van der Waals surface area (Å²) in [5, 5.41) is 0.755. The first kappa shape index (κ1) is 84.3. The van der Waals surface area contributed by atoms with E-state index in [1.807, 2.05) is 0 Å². The first-order valence-electron chi connectivity index (χ1n) is 37.1. The molecule has 0 aromatic rings. The molecule has 4 unspecified atom stereocenters. The Balaban J connectivity index is 5.50. The molecule has 0 amide bonds. The average molecular weight is 1250 g/mol. The van der Waals surface area contributed by atoms with Crippen LogP contribution in [-0.4, -0.2) is 99.6 Å². The molecule has 502 valence electrons. The van der Waals surface area contributed by atoms with E-state index in [2.05, 4.69) is 119 Å². The zero-order chi connectivity index (χ0) is 62.8. The van der Waals surface area contributed by atoms with Crippen LogP contribution in [0.25, 0.3) is 0 Å². The van der Waals surface area contributed by atoms with Gasteiger partial charge in [-0.25, -0.2) is 0 Å². The first-order valence-corrected chi connectivity index (χ1v) is 44.9. The van der Waals surface area contributed by atoms with Gasteiger partial charge in [-0.1, -0.05) is 312 Å². The molecule has 0 rings (SSSR count). The van der Waals surface area contributed by atoms with Gasteiger partial charge in [-0.15, -0.1) is 0 Å². The summed E-state index contributed by atoms with van der Waals surface area (Å²) in [5.41, 5.74) is 0. The minimum atomic E-state index is -1.93. The van der Waals surface area contributed by atoms with Crippen molar-refractivity contribution in [3.63, 3.8) is 0 Å². The Labute approximate surface area is 539 Å². The summed E-state index contributed by atoms with van der Waals surface area (Å²) in [6.07, 6.45) is 54.1. The van der Waals surface area contributed by atoms with Gasteiger partial charge in [0.05, 0.1) is 12.2 Å². The van der Waals surface area contributed by atoms with Crippen LogP contribution >= 0.6 is 23.5 Å². The lowest BCUT2D eigenvalue weighted by molar-refractivity contribution is -0.115. The second-order valence-corrected chi connectivity index (χ2v) is 42.0. The number of thioether (sulfide) groups is 2. The molecule has 0 spiro atoms. The lowest BCUT2D eigenvalue weighted by Gasteiger charge is -2.41. The summed E-state index contributed by atoms with van der Waals surface area (Å²) < 4.78 is 14.6. The Morgan fingerprint density at radius 3 is 0.869 bits per heavy atom. The van der Waals surface area contributed by atoms with Crippen LogP contribution in [0, 0.1) is 11.8 Å². The molecular formula is C74H152N2O4S2Si2. The molecule has 6 nitrogen and oxygen atoms in total. The predicted octanol–water partition coefficient (Wildman–Crippen LogP) is 24.6. The first-order chi connectivity index (χ1) is 40.0. The number of hydrogen-bond donors (Lipinski definition) is 0. The van der Waals surface area contributed by atoms with Crippen LogP contribution in [0.3, 0.4) is 0 Å². The largest absolute Gasteiger partial charge is 0.413 e. The minimum absolute atomic E-state index is 0.186. The molecule has 0 N–H and O–H groups in total. The summed E-state index contributed by atoms with van der Waals surface area (Å²) in [7, 11) is -3.87. The Morgan fingerprint density at radius 1 is 0.357 bits per heavy atom. The van der Waals surface area contributed by atoms with Crippen molar-refractivity contribution in [2.75, 3.05) is 50.8 Å². The second-order valence-electron chi connectivity index (χ2n) is 30.1. The third kappa shape index (κ3) is 49.1. The van der Waals surface area contributed by atoms with Gasteiger partial charge in [-0.3, -0.25) is 9.59 Å². The van der Waals surface area contributed by atoms with Gasteiger partial charge >= 0.3 is 0 Å². The smallest absolute Gasteiger partial charge is 0.192 e. The molecule has 0 aromatic carbocycles. The quantitative estimate of drug-likeness (QED) is 0.0441. The van der Waals surface area contributed by atoms with Crippen molar-refractivity contribution in [1.82, 2.24) is 9.80 Å². The Kier molecular flexibility index (Phi) is 54.1. The fourth-order valence-electron chi connectivity index (χ4n) is 11.6. The topological polar surface area (TPSA) is 59.1 Å². The highest BCUT2D eigenvalue weighted by atomic mass is 32.2. The van der Waals surface area contributed by atoms with Gasteiger partial charge in [0.15, 0.2) is 26.9 Å². The third-order valence-electron chi connectivity index (χ3n) is 19.3. The summed E-state index contributed by atoms with van der Waals surface area (Å²) >= 11 is 2.94. The lowest BCUT2D eigenvalue weighted by atomic mass is 10.00. The van der Waals surface area contributed by atoms with Gasteiger partial charge in [-0.05, 0) is 113 Å². The van der Waals surface area contributed by atoms with Crippen LogP contribution in [0.4, 0.5) is 0 Å². The highest BCUT2D eigenvalue weighted by Gasteiger charge is 2.40. The molecule has 0 saturated carbocycles. The number of carbonyl (C=O) groups is 2. The van der Waals surface area contributed by atoms with Crippen molar-refractivity contribution in [1.29, 1.82) is 0 Å². The van der Waals surface area contributed by atoms with E-state index in [1.165, 1.54) is 242 Å². The fourth-order valence-corrected chi connectivity index (χ4v) is 16.0. The standard InChI is InChI=1S/C74H152N2O4S2Si2/c1-17-21-25-29-33-37-41-45-53-67(5)63-75(65-69(79-83(13,14)73(7,8)9)55-47-43-39-35-31-27-23-19-3)59-49-51-61-81-71(77)57-58-72(78)82-62-52-50-60-76(64-68(6)54-46-42-38-34-30-26-22-18-2)66-70(80-84(15,16)74(10,11)12)56-48-44-40-36-32-28-24-20-4/h67-70H,17-66H2,1-16H3. The molecule has 0 aliphatic heterocycles. The monoisotopic (exact) mass is 1250 g/mol. The molecule has 0 saturated heterocycles. The number of rotatable bonds is 61. The molecule has 0 radical (unpaired) electrons. The van der Waals surface area contributed by atoms with E-state index in [1.54, 1.807) is 0 Å². The summed E-state index contributed by atoms with van der Waals surface area (Å²) in [5.74, 6) is 3.04. The van der Waals surface area contributed by atoms with Crippen LogP contribution in [0.1, 0.15) is 353 Å². The van der Waals surface area contributed by atoms with Gasteiger partial charge in [0.2, 0.25) is 0 Å². The molecule has 0 aliphatic carbocycles. The summed E-state index contributed by atoms with van der Waals surface area (Å²) in [6.45, 7) is 44.8. The molecular weight excluding hydrogens is 1100 g/mol. The normalized spacial score (nSPS) is 14.3.